The Morgan fingerprint density at radius 1 is 1.39 bits per heavy atom. The van der Waals surface area contributed by atoms with Gasteiger partial charge in [-0.2, -0.15) is 4.90 Å². The van der Waals surface area contributed by atoms with Gasteiger partial charge in [0.25, 0.3) is 0 Å². The predicted molar refractivity (Wildman–Crippen MR) is 53.4 cm³/mol. The Balaban J connectivity index is 2.21. The Bertz CT molecular complexity index is 471. The standard InChI is InChI=1S/C10H9NO7/c12-4-11(9(16)17)7(13)5-3-10(8(14)15)2-1-6(5)18-10/h1-2,4-6H,3H2,(H,14,15)(H,16,17). The zero-order valence-corrected chi connectivity index (χ0v) is 8.98. The van der Waals surface area contributed by atoms with Crippen LogP contribution in [0.1, 0.15) is 6.42 Å². The number of carbonyl (C=O) groups is 4. The number of aliphatic carboxylic acids is 1. The van der Waals surface area contributed by atoms with Crippen LogP contribution in [-0.2, 0) is 19.1 Å². The van der Waals surface area contributed by atoms with Crippen LogP contribution in [0.3, 0.4) is 0 Å². The van der Waals surface area contributed by atoms with Gasteiger partial charge in [-0.05, 0) is 6.08 Å². The van der Waals surface area contributed by atoms with E-state index >= 15 is 0 Å². The highest BCUT2D eigenvalue weighted by Gasteiger charge is 2.56. The lowest BCUT2D eigenvalue weighted by atomic mass is 9.85. The lowest BCUT2D eigenvalue weighted by Gasteiger charge is -2.20. The van der Waals surface area contributed by atoms with Gasteiger partial charge in [-0.15, -0.1) is 0 Å². The van der Waals surface area contributed by atoms with Crippen LogP contribution in [-0.4, -0.2) is 51.2 Å². The van der Waals surface area contributed by atoms with Crippen LogP contribution in [0.2, 0.25) is 0 Å². The highest BCUT2D eigenvalue weighted by molar-refractivity contribution is 6.03. The largest absolute Gasteiger partial charge is 0.479 e. The molecular formula is C10H9NO7. The number of carbonyl (C=O) groups excluding carboxylic acids is 2. The van der Waals surface area contributed by atoms with Crippen molar-refractivity contribution in [1.29, 1.82) is 0 Å². The zero-order valence-electron chi connectivity index (χ0n) is 8.98. The molecule has 2 bridgehead atoms. The van der Waals surface area contributed by atoms with Gasteiger partial charge in [-0.3, -0.25) is 9.59 Å². The molecule has 96 valence electrons. The number of fused-ring (bicyclic) bond motifs is 2. The lowest BCUT2D eigenvalue weighted by Crippen LogP contribution is -2.42. The van der Waals surface area contributed by atoms with Gasteiger partial charge in [0.1, 0.15) is 0 Å². The minimum atomic E-state index is -1.70. The van der Waals surface area contributed by atoms with E-state index < -0.39 is 35.6 Å². The number of hydrogen-bond acceptors (Lipinski definition) is 5. The van der Waals surface area contributed by atoms with E-state index in [-0.39, 0.29) is 17.7 Å². The first-order chi connectivity index (χ1) is 8.41. The first kappa shape index (κ1) is 12.2. The van der Waals surface area contributed by atoms with E-state index in [1.165, 1.54) is 12.2 Å². The van der Waals surface area contributed by atoms with Gasteiger partial charge in [0, 0.05) is 6.42 Å². The van der Waals surface area contributed by atoms with Gasteiger partial charge in [0.2, 0.25) is 12.3 Å². The third-order valence-corrected chi connectivity index (χ3v) is 3.05. The molecule has 3 amide bonds. The Hall–Kier alpha value is -2.22. The van der Waals surface area contributed by atoms with Crippen molar-refractivity contribution in [3.63, 3.8) is 0 Å². The molecule has 0 aromatic rings. The number of hydrogen-bond donors (Lipinski definition) is 2. The minimum absolute atomic E-state index is 0.00187. The first-order valence-electron chi connectivity index (χ1n) is 5.03. The van der Waals surface area contributed by atoms with Crippen LogP contribution in [0.5, 0.6) is 0 Å². The Morgan fingerprint density at radius 2 is 2.06 bits per heavy atom. The summed E-state index contributed by atoms with van der Waals surface area (Å²) >= 11 is 0. The topological polar surface area (TPSA) is 121 Å². The maximum absolute atomic E-state index is 11.8. The van der Waals surface area contributed by atoms with Crippen molar-refractivity contribution in [3.05, 3.63) is 12.2 Å². The summed E-state index contributed by atoms with van der Waals surface area (Å²) in [5.74, 6) is -3.20. The second kappa shape index (κ2) is 3.91. The fourth-order valence-electron chi connectivity index (χ4n) is 2.15. The lowest BCUT2D eigenvalue weighted by molar-refractivity contribution is -0.155. The molecule has 2 rings (SSSR count). The summed E-state index contributed by atoms with van der Waals surface area (Å²) in [6.45, 7) is 0. The van der Waals surface area contributed by atoms with Crippen molar-refractivity contribution in [2.45, 2.75) is 18.1 Å². The third kappa shape index (κ3) is 1.58. The molecule has 0 saturated carbocycles. The second-order valence-electron chi connectivity index (χ2n) is 4.04. The Labute approximate surface area is 100 Å². The highest BCUT2D eigenvalue weighted by Crippen LogP contribution is 2.43. The molecule has 0 aromatic carbocycles. The maximum Gasteiger partial charge on any atom is 0.420 e. The van der Waals surface area contributed by atoms with Crippen LogP contribution < -0.4 is 0 Å². The van der Waals surface area contributed by atoms with Gasteiger partial charge in [0.05, 0.1) is 12.0 Å². The quantitative estimate of drug-likeness (QED) is 0.512. The number of ether oxygens (including phenoxy) is 1. The normalized spacial score (nSPS) is 32.2. The molecule has 0 aromatic heterocycles. The molecule has 0 spiro atoms. The van der Waals surface area contributed by atoms with Crippen molar-refractivity contribution in [3.8, 4) is 0 Å². The van der Waals surface area contributed by atoms with E-state index in [1.54, 1.807) is 0 Å². The van der Waals surface area contributed by atoms with Gasteiger partial charge in [-0.1, -0.05) is 6.08 Å². The number of rotatable bonds is 3. The van der Waals surface area contributed by atoms with Crippen molar-refractivity contribution < 1.29 is 34.1 Å². The first-order valence-corrected chi connectivity index (χ1v) is 5.03. The van der Waals surface area contributed by atoms with Crippen molar-refractivity contribution in [1.82, 2.24) is 4.90 Å². The SMILES string of the molecule is O=CN(C(=O)O)C(=O)C1CC2(C(=O)O)C=CC1O2. The van der Waals surface area contributed by atoms with Gasteiger partial charge in [-0.25, -0.2) is 9.59 Å². The summed E-state index contributed by atoms with van der Waals surface area (Å²) in [6.07, 6.45) is -0.0873. The van der Waals surface area contributed by atoms with Gasteiger partial charge in [0.15, 0.2) is 5.60 Å². The third-order valence-electron chi connectivity index (χ3n) is 3.05. The molecule has 2 heterocycles. The predicted octanol–water partition coefficient (Wildman–Crippen LogP) is -0.552. The van der Waals surface area contributed by atoms with Crippen molar-refractivity contribution in [2.24, 2.45) is 5.92 Å². The monoisotopic (exact) mass is 255 g/mol. The average Bonchev–Trinajstić information content (AvgIpc) is 2.88. The molecular weight excluding hydrogens is 246 g/mol. The van der Waals surface area contributed by atoms with E-state index in [1.807, 2.05) is 0 Å². The summed E-state index contributed by atoms with van der Waals surface area (Å²) in [5, 5.41) is 17.7. The molecule has 3 atom stereocenters. The highest BCUT2D eigenvalue weighted by atomic mass is 16.5. The summed E-state index contributed by atoms with van der Waals surface area (Å²) < 4.78 is 5.16. The summed E-state index contributed by atoms with van der Waals surface area (Å²) in [6, 6.07) is 0. The molecule has 0 radical (unpaired) electrons. The van der Waals surface area contributed by atoms with E-state index in [0.717, 1.165) is 0 Å². The summed E-state index contributed by atoms with van der Waals surface area (Å²) in [4.78, 5) is 44.0. The smallest absolute Gasteiger partial charge is 0.420 e. The summed E-state index contributed by atoms with van der Waals surface area (Å²) in [5.41, 5.74) is -1.59. The van der Waals surface area contributed by atoms with Crippen LogP contribution in [0, 0.1) is 5.92 Å². The molecule has 1 saturated heterocycles. The molecule has 8 nitrogen and oxygen atoms in total. The number of amides is 3. The number of carboxylic acid groups (broad SMARTS) is 2. The van der Waals surface area contributed by atoms with Crippen LogP contribution in [0.15, 0.2) is 12.2 Å². The average molecular weight is 255 g/mol. The molecule has 0 aliphatic carbocycles. The molecule has 8 heteroatoms. The fraction of sp³-hybridized carbons (Fsp3) is 0.400. The van der Waals surface area contributed by atoms with Gasteiger partial charge < -0.3 is 14.9 Å². The molecule has 1 fully saturated rings. The molecule has 2 N–H and O–H groups in total. The number of nitrogens with zero attached hydrogens (tertiary/aromatic N) is 1. The van der Waals surface area contributed by atoms with Crippen molar-refractivity contribution >= 4 is 24.4 Å². The molecule has 2 aliphatic heterocycles. The van der Waals surface area contributed by atoms with E-state index in [0.29, 0.717) is 0 Å². The summed E-state index contributed by atoms with van der Waals surface area (Å²) in [7, 11) is 0. The van der Waals surface area contributed by atoms with E-state index in [9.17, 15) is 19.2 Å². The molecule has 3 unspecified atom stereocenters. The van der Waals surface area contributed by atoms with Crippen LogP contribution >= 0.6 is 0 Å². The van der Waals surface area contributed by atoms with Crippen LogP contribution in [0.4, 0.5) is 4.79 Å². The van der Waals surface area contributed by atoms with Crippen molar-refractivity contribution in [2.75, 3.05) is 0 Å². The van der Waals surface area contributed by atoms with E-state index in [2.05, 4.69) is 0 Å². The van der Waals surface area contributed by atoms with Crippen LogP contribution in [0.25, 0.3) is 0 Å². The zero-order chi connectivity index (χ0) is 13.5. The van der Waals surface area contributed by atoms with Gasteiger partial charge >= 0.3 is 12.1 Å². The maximum atomic E-state index is 11.8. The number of carboxylic acids is 1. The second-order valence-corrected chi connectivity index (χ2v) is 4.04. The minimum Gasteiger partial charge on any atom is -0.479 e. The Morgan fingerprint density at radius 3 is 2.50 bits per heavy atom. The molecule has 2 aliphatic rings. The Kier molecular flexibility index (Phi) is 2.66. The molecule has 18 heavy (non-hydrogen) atoms. The number of imide groups is 3. The fourth-order valence-corrected chi connectivity index (χ4v) is 2.15. The van der Waals surface area contributed by atoms with E-state index in [4.69, 9.17) is 14.9 Å².